The van der Waals surface area contributed by atoms with E-state index < -0.39 is 11.7 Å². The van der Waals surface area contributed by atoms with Gasteiger partial charge < -0.3 is 10.6 Å². The Morgan fingerprint density at radius 3 is 2.64 bits per heavy atom. The van der Waals surface area contributed by atoms with Crippen molar-refractivity contribution in [1.29, 1.82) is 0 Å². The summed E-state index contributed by atoms with van der Waals surface area (Å²) in [7, 11) is 0. The van der Waals surface area contributed by atoms with Gasteiger partial charge in [0.25, 0.3) is 0 Å². The van der Waals surface area contributed by atoms with Gasteiger partial charge in [0, 0.05) is 17.6 Å². The number of aryl methyl sites for hydroxylation is 1. The monoisotopic (exact) mass is 484 g/mol. The second-order valence-electron chi connectivity index (χ2n) is 5.09. The standard InChI is InChI=1S/C16H19F3N4S.HI/c1-3-20-15(23-10-14-9-21-11(2)24-14)22-8-12-5-4-6-13(7-12)16(17,18)19;/h4-7,9H,3,8,10H2,1-2H3,(H2,20,22,23);1H. The first-order chi connectivity index (χ1) is 11.4. The summed E-state index contributed by atoms with van der Waals surface area (Å²) in [6.07, 6.45) is -2.55. The first kappa shape index (κ1) is 21.7. The molecule has 0 unspecified atom stereocenters. The van der Waals surface area contributed by atoms with Gasteiger partial charge in [-0.05, 0) is 31.5 Å². The van der Waals surface area contributed by atoms with Gasteiger partial charge in [0.15, 0.2) is 5.96 Å². The van der Waals surface area contributed by atoms with Crippen molar-refractivity contribution in [2.24, 2.45) is 4.99 Å². The fourth-order valence-corrected chi connectivity index (χ4v) is 2.75. The fourth-order valence-electron chi connectivity index (χ4n) is 2.02. The smallest absolute Gasteiger partial charge is 0.357 e. The van der Waals surface area contributed by atoms with Crippen LogP contribution in [0.1, 0.15) is 27.9 Å². The SMILES string of the molecule is CCNC(=NCc1cccc(C(F)(F)F)c1)NCc1cnc(C)s1.I. The molecule has 0 saturated heterocycles. The molecule has 0 atom stereocenters. The molecular weight excluding hydrogens is 464 g/mol. The Labute approximate surface area is 166 Å². The van der Waals surface area contributed by atoms with Gasteiger partial charge in [0.1, 0.15) is 0 Å². The summed E-state index contributed by atoms with van der Waals surface area (Å²) in [5.74, 6) is 0.556. The van der Waals surface area contributed by atoms with E-state index >= 15 is 0 Å². The van der Waals surface area contributed by atoms with E-state index in [0.29, 0.717) is 24.6 Å². The van der Waals surface area contributed by atoms with Crippen molar-refractivity contribution in [1.82, 2.24) is 15.6 Å². The molecule has 1 aromatic carbocycles. The van der Waals surface area contributed by atoms with Gasteiger partial charge in [0.05, 0.1) is 23.7 Å². The van der Waals surface area contributed by atoms with Crippen molar-refractivity contribution < 1.29 is 13.2 Å². The molecule has 25 heavy (non-hydrogen) atoms. The Morgan fingerprint density at radius 1 is 1.28 bits per heavy atom. The van der Waals surface area contributed by atoms with Gasteiger partial charge in [0.2, 0.25) is 0 Å². The molecule has 1 heterocycles. The van der Waals surface area contributed by atoms with Crippen molar-refractivity contribution in [3.63, 3.8) is 0 Å². The summed E-state index contributed by atoms with van der Waals surface area (Å²) < 4.78 is 38.2. The highest BCUT2D eigenvalue weighted by Crippen LogP contribution is 2.29. The maximum Gasteiger partial charge on any atom is 0.416 e. The third-order valence-electron chi connectivity index (χ3n) is 3.12. The molecule has 0 aliphatic carbocycles. The van der Waals surface area contributed by atoms with Crippen LogP contribution < -0.4 is 10.6 Å². The van der Waals surface area contributed by atoms with Gasteiger partial charge in [-0.3, -0.25) is 0 Å². The lowest BCUT2D eigenvalue weighted by atomic mass is 10.1. The molecule has 0 bridgehead atoms. The summed E-state index contributed by atoms with van der Waals surface area (Å²) in [5.41, 5.74) is -0.149. The molecule has 0 amide bonds. The van der Waals surface area contributed by atoms with Crippen molar-refractivity contribution >= 4 is 41.3 Å². The summed E-state index contributed by atoms with van der Waals surface area (Å²) in [4.78, 5) is 9.59. The number of hydrogen-bond donors (Lipinski definition) is 2. The number of thiazole rings is 1. The molecular formula is C16H20F3IN4S. The molecule has 2 aromatic rings. The first-order valence-corrected chi connectivity index (χ1v) is 8.29. The number of nitrogens with zero attached hydrogens (tertiary/aromatic N) is 2. The van der Waals surface area contributed by atoms with E-state index in [0.717, 1.165) is 22.0 Å². The summed E-state index contributed by atoms with van der Waals surface area (Å²) >= 11 is 1.59. The van der Waals surface area contributed by atoms with E-state index in [1.165, 1.54) is 6.07 Å². The number of aromatic nitrogens is 1. The highest BCUT2D eigenvalue weighted by atomic mass is 127. The Bertz CT molecular complexity index is 701. The molecule has 2 N–H and O–H groups in total. The average molecular weight is 484 g/mol. The van der Waals surface area contributed by atoms with Gasteiger partial charge in [-0.2, -0.15) is 13.2 Å². The number of benzene rings is 1. The lowest BCUT2D eigenvalue weighted by Crippen LogP contribution is -2.36. The quantitative estimate of drug-likeness (QED) is 0.377. The van der Waals surface area contributed by atoms with Crippen LogP contribution >= 0.6 is 35.3 Å². The Morgan fingerprint density at radius 2 is 2.04 bits per heavy atom. The van der Waals surface area contributed by atoms with E-state index in [9.17, 15) is 13.2 Å². The molecule has 138 valence electrons. The van der Waals surface area contributed by atoms with Gasteiger partial charge in [-0.25, -0.2) is 9.98 Å². The second kappa shape index (κ2) is 9.95. The number of halogens is 4. The topological polar surface area (TPSA) is 49.3 Å². The maximum absolute atomic E-state index is 12.7. The molecule has 4 nitrogen and oxygen atoms in total. The van der Waals surface area contributed by atoms with E-state index in [1.54, 1.807) is 23.6 Å². The normalized spacial score (nSPS) is 11.8. The third kappa shape index (κ3) is 7.18. The van der Waals surface area contributed by atoms with Gasteiger partial charge in [-0.1, -0.05) is 12.1 Å². The number of alkyl halides is 3. The highest BCUT2D eigenvalue weighted by molar-refractivity contribution is 14.0. The molecule has 1 aromatic heterocycles. The van der Waals surface area contributed by atoms with Crippen molar-refractivity contribution in [3.05, 3.63) is 51.5 Å². The minimum atomic E-state index is -4.34. The van der Waals surface area contributed by atoms with Gasteiger partial charge in [-0.15, -0.1) is 35.3 Å². The Kier molecular flexibility index (Phi) is 8.63. The van der Waals surface area contributed by atoms with Crippen molar-refractivity contribution in [3.8, 4) is 0 Å². The molecule has 2 rings (SSSR count). The fraction of sp³-hybridized carbons (Fsp3) is 0.375. The summed E-state index contributed by atoms with van der Waals surface area (Å²) in [6, 6.07) is 5.21. The van der Waals surface area contributed by atoms with Crippen molar-refractivity contribution in [2.45, 2.75) is 33.1 Å². The molecule has 0 aliphatic rings. The molecule has 0 spiro atoms. The predicted octanol–water partition coefficient (Wildman–Crippen LogP) is 4.34. The van der Waals surface area contributed by atoms with Crippen LogP contribution in [0.2, 0.25) is 0 Å². The van der Waals surface area contributed by atoms with E-state index in [4.69, 9.17) is 0 Å². The molecule has 0 fully saturated rings. The Hall–Kier alpha value is -1.36. The zero-order chi connectivity index (χ0) is 17.6. The molecule has 0 saturated carbocycles. The molecule has 0 aliphatic heterocycles. The lowest BCUT2D eigenvalue weighted by Gasteiger charge is -2.11. The predicted molar refractivity (Wildman–Crippen MR) is 105 cm³/mol. The first-order valence-electron chi connectivity index (χ1n) is 7.48. The maximum atomic E-state index is 12.7. The zero-order valence-electron chi connectivity index (χ0n) is 13.9. The lowest BCUT2D eigenvalue weighted by molar-refractivity contribution is -0.137. The highest BCUT2D eigenvalue weighted by Gasteiger charge is 2.30. The van der Waals surface area contributed by atoms with Gasteiger partial charge >= 0.3 is 6.18 Å². The van der Waals surface area contributed by atoms with Crippen LogP contribution in [0.5, 0.6) is 0 Å². The van der Waals surface area contributed by atoms with Crippen LogP contribution in [0.15, 0.2) is 35.5 Å². The minimum Gasteiger partial charge on any atom is -0.357 e. The Balaban J connectivity index is 0.00000312. The average Bonchev–Trinajstić information content (AvgIpc) is 2.95. The molecule has 9 heteroatoms. The van der Waals surface area contributed by atoms with Crippen LogP contribution in [0, 0.1) is 6.92 Å². The number of rotatable bonds is 5. The largest absolute Gasteiger partial charge is 0.416 e. The van der Waals surface area contributed by atoms with E-state index in [-0.39, 0.29) is 30.5 Å². The van der Waals surface area contributed by atoms with E-state index in [1.807, 2.05) is 13.8 Å². The number of aliphatic imine (C=N–C) groups is 1. The van der Waals surface area contributed by atoms with Crippen LogP contribution in [-0.4, -0.2) is 17.5 Å². The summed E-state index contributed by atoms with van der Waals surface area (Å²) in [5, 5.41) is 7.21. The summed E-state index contributed by atoms with van der Waals surface area (Å²) in [6.45, 7) is 5.26. The van der Waals surface area contributed by atoms with Crippen LogP contribution in [-0.2, 0) is 19.3 Å². The minimum absolute atomic E-state index is 0. The molecule has 0 radical (unpaired) electrons. The number of guanidine groups is 1. The number of hydrogen-bond acceptors (Lipinski definition) is 3. The van der Waals surface area contributed by atoms with E-state index in [2.05, 4.69) is 20.6 Å². The second-order valence-corrected chi connectivity index (χ2v) is 6.41. The van der Waals surface area contributed by atoms with Crippen LogP contribution in [0.25, 0.3) is 0 Å². The van der Waals surface area contributed by atoms with Crippen LogP contribution in [0.3, 0.4) is 0 Å². The third-order valence-corrected chi connectivity index (χ3v) is 4.03. The zero-order valence-corrected chi connectivity index (χ0v) is 17.0. The van der Waals surface area contributed by atoms with Crippen LogP contribution in [0.4, 0.5) is 13.2 Å². The van der Waals surface area contributed by atoms with Crippen molar-refractivity contribution in [2.75, 3.05) is 6.54 Å². The number of nitrogens with one attached hydrogen (secondary N) is 2.